The van der Waals surface area contributed by atoms with Gasteiger partial charge in [0, 0.05) is 17.7 Å². The molecule has 0 atom stereocenters. The van der Waals surface area contributed by atoms with Crippen molar-refractivity contribution in [1.29, 1.82) is 0 Å². The molecule has 0 saturated carbocycles. The van der Waals surface area contributed by atoms with Crippen molar-refractivity contribution in [1.82, 2.24) is 14.8 Å². The number of ether oxygens (including phenoxy) is 1. The number of amides is 1. The van der Waals surface area contributed by atoms with E-state index in [9.17, 15) is 4.79 Å². The van der Waals surface area contributed by atoms with Gasteiger partial charge < -0.3 is 9.30 Å². The molecule has 1 N–H and O–H groups in total. The Morgan fingerprint density at radius 3 is 2.38 bits per heavy atom. The van der Waals surface area contributed by atoms with Crippen LogP contribution in [0.5, 0.6) is 11.5 Å². The van der Waals surface area contributed by atoms with E-state index in [2.05, 4.69) is 15.5 Å². The topological polar surface area (TPSA) is 69.0 Å². The summed E-state index contributed by atoms with van der Waals surface area (Å²) in [5.74, 6) is 1.25. The van der Waals surface area contributed by atoms with E-state index in [1.807, 2.05) is 55.5 Å². The summed E-state index contributed by atoms with van der Waals surface area (Å²) < 4.78 is 7.71. The van der Waals surface area contributed by atoms with E-state index in [0.29, 0.717) is 24.0 Å². The molecule has 0 unspecified atom stereocenters. The number of anilines is 1. The maximum Gasteiger partial charge on any atom is 0.239 e. The summed E-state index contributed by atoms with van der Waals surface area (Å²) in [6, 6.07) is 15.2. The number of nitrogens with one attached hydrogen (secondary N) is 1. The highest BCUT2D eigenvalue weighted by molar-refractivity contribution is 5.98. The molecule has 2 heterocycles. The molecule has 1 aliphatic rings. The van der Waals surface area contributed by atoms with Crippen LogP contribution in [0.4, 0.5) is 5.95 Å². The standard InChI is InChI=1S/C18H16N4O2/c1-2-22-11-19-21-18(22)20-17(23)16-12-7-3-5-9-14(12)24-15-10-6-4-8-13(15)16/h3-11,16H,2H2,1H3,(H,20,21,23). The minimum atomic E-state index is -0.451. The summed E-state index contributed by atoms with van der Waals surface area (Å²) in [5.41, 5.74) is 1.69. The molecular weight excluding hydrogens is 304 g/mol. The third-order valence-corrected chi connectivity index (χ3v) is 4.13. The van der Waals surface area contributed by atoms with Crippen molar-refractivity contribution in [3.63, 3.8) is 0 Å². The van der Waals surface area contributed by atoms with E-state index >= 15 is 0 Å². The molecule has 6 heteroatoms. The van der Waals surface area contributed by atoms with Gasteiger partial charge in [-0.15, -0.1) is 10.2 Å². The Kier molecular flexibility index (Phi) is 3.49. The van der Waals surface area contributed by atoms with Gasteiger partial charge in [0.15, 0.2) is 0 Å². The minimum absolute atomic E-state index is 0.152. The van der Waals surface area contributed by atoms with Crippen LogP contribution in [0.25, 0.3) is 0 Å². The molecule has 1 aromatic heterocycles. The number of para-hydroxylation sites is 2. The fraction of sp³-hybridized carbons (Fsp3) is 0.167. The first-order valence-corrected chi connectivity index (χ1v) is 7.82. The van der Waals surface area contributed by atoms with Gasteiger partial charge in [0.25, 0.3) is 0 Å². The summed E-state index contributed by atoms with van der Waals surface area (Å²) in [6.07, 6.45) is 1.60. The van der Waals surface area contributed by atoms with E-state index in [0.717, 1.165) is 11.1 Å². The summed E-state index contributed by atoms with van der Waals surface area (Å²) in [4.78, 5) is 13.0. The lowest BCUT2D eigenvalue weighted by molar-refractivity contribution is -0.117. The van der Waals surface area contributed by atoms with Crippen molar-refractivity contribution in [3.05, 3.63) is 66.0 Å². The molecule has 0 saturated heterocycles. The van der Waals surface area contributed by atoms with E-state index in [1.54, 1.807) is 10.9 Å². The maximum absolute atomic E-state index is 13.0. The molecule has 24 heavy (non-hydrogen) atoms. The Morgan fingerprint density at radius 1 is 1.12 bits per heavy atom. The molecule has 120 valence electrons. The van der Waals surface area contributed by atoms with Gasteiger partial charge in [-0.25, -0.2) is 0 Å². The molecule has 0 bridgehead atoms. The van der Waals surface area contributed by atoms with Crippen LogP contribution >= 0.6 is 0 Å². The molecule has 0 aliphatic carbocycles. The molecular formula is C18H16N4O2. The minimum Gasteiger partial charge on any atom is -0.457 e. The van der Waals surface area contributed by atoms with Crippen LogP contribution in [-0.2, 0) is 11.3 Å². The number of hydrogen-bond acceptors (Lipinski definition) is 4. The Labute approximate surface area is 139 Å². The van der Waals surface area contributed by atoms with Crippen LogP contribution < -0.4 is 10.1 Å². The van der Waals surface area contributed by atoms with Gasteiger partial charge >= 0.3 is 0 Å². The van der Waals surface area contributed by atoms with E-state index in [1.165, 1.54) is 0 Å². The number of benzene rings is 2. The van der Waals surface area contributed by atoms with Crippen LogP contribution in [-0.4, -0.2) is 20.7 Å². The number of aromatic nitrogens is 3. The SMILES string of the molecule is CCn1cnnc1NC(=O)C1c2ccccc2Oc2ccccc21. The first kappa shape index (κ1) is 14.4. The first-order chi connectivity index (χ1) is 11.8. The van der Waals surface area contributed by atoms with Gasteiger partial charge in [0.05, 0.1) is 5.92 Å². The molecule has 1 aliphatic heterocycles. The third-order valence-electron chi connectivity index (χ3n) is 4.13. The van der Waals surface area contributed by atoms with E-state index < -0.39 is 5.92 Å². The zero-order valence-corrected chi connectivity index (χ0v) is 13.1. The van der Waals surface area contributed by atoms with Gasteiger partial charge in [-0.3, -0.25) is 10.1 Å². The second-order valence-electron chi connectivity index (χ2n) is 5.54. The molecule has 2 aromatic carbocycles. The average Bonchev–Trinajstić information content (AvgIpc) is 3.06. The van der Waals surface area contributed by atoms with Gasteiger partial charge in [-0.2, -0.15) is 0 Å². The van der Waals surface area contributed by atoms with Crippen molar-refractivity contribution in [2.75, 3.05) is 5.32 Å². The molecule has 3 aromatic rings. The van der Waals surface area contributed by atoms with E-state index in [-0.39, 0.29) is 5.91 Å². The molecule has 0 spiro atoms. The highest BCUT2D eigenvalue weighted by Crippen LogP contribution is 2.44. The van der Waals surface area contributed by atoms with Crippen molar-refractivity contribution in [3.8, 4) is 11.5 Å². The summed E-state index contributed by atoms with van der Waals surface area (Å²) in [7, 11) is 0. The number of rotatable bonds is 3. The van der Waals surface area contributed by atoms with Gasteiger partial charge in [0.1, 0.15) is 17.8 Å². The lowest BCUT2D eigenvalue weighted by Gasteiger charge is -2.27. The fourth-order valence-corrected chi connectivity index (χ4v) is 2.96. The largest absolute Gasteiger partial charge is 0.457 e. The zero-order chi connectivity index (χ0) is 16.5. The van der Waals surface area contributed by atoms with Crippen molar-refractivity contribution >= 4 is 11.9 Å². The highest BCUT2D eigenvalue weighted by Gasteiger charge is 2.32. The quantitative estimate of drug-likeness (QED) is 0.805. The lowest BCUT2D eigenvalue weighted by atomic mass is 9.87. The molecule has 6 nitrogen and oxygen atoms in total. The van der Waals surface area contributed by atoms with Crippen LogP contribution in [0.2, 0.25) is 0 Å². The number of carbonyl (C=O) groups excluding carboxylic acids is 1. The maximum atomic E-state index is 13.0. The number of fused-ring (bicyclic) bond motifs is 2. The van der Waals surface area contributed by atoms with Gasteiger partial charge in [-0.05, 0) is 19.1 Å². The van der Waals surface area contributed by atoms with Crippen molar-refractivity contribution in [2.24, 2.45) is 0 Å². The summed E-state index contributed by atoms with van der Waals surface area (Å²) in [6.45, 7) is 2.65. The lowest BCUT2D eigenvalue weighted by Crippen LogP contribution is -2.26. The molecule has 0 radical (unpaired) electrons. The second-order valence-corrected chi connectivity index (χ2v) is 5.54. The van der Waals surface area contributed by atoms with Crippen LogP contribution in [0.1, 0.15) is 24.0 Å². The van der Waals surface area contributed by atoms with Crippen LogP contribution in [0, 0.1) is 0 Å². The predicted octanol–water partition coefficient (Wildman–Crippen LogP) is 3.17. The van der Waals surface area contributed by atoms with Crippen LogP contribution in [0.3, 0.4) is 0 Å². The summed E-state index contributed by atoms with van der Waals surface area (Å²) in [5, 5.41) is 10.7. The Hall–Kier alpha value is -3.15. The number of aryl methyl sites for hydroxylation is 1. The molecule has 0 fully saturated rings. The third kappa shape index (κ3) is 2.32. The number of hydrogen-bond donors (Lipinski definition) is 1. The van der Waals surface area contributed by atoms with Gasteiger partial charge in [-0.1, -0.05) is 36.4 Å². The zero-order valence-electron chi connectivity index (χ0n) is 13.1. The van der Waals surface area contributed by atoms with E-state index in [4.69, 9.17) is 4.74 Å². The van der Waals surface area contributed by atoms with Crippen molar-refractivity contribution in [2.45, 2.75) is 19.4 Å². The second kappa shape index (κ2) is 5.81. The Morgan fingerprint density at radius 2 is 1.75 bits per heavy atom. The average molecular weight is 320 g/mol. The van der Waals surface area contributed by atoms with Gasteiger partial charge in [0.2, 0.25) is 11.9 Å². The molecule has 4 rings (SSSR count). The first-order valence-electron chi connectivity index (χ1n) is 7.82. The number of nitrogens with zero attached hydrogens (tertiary/aromatic N) is 3. The molecule has 1 amide bonds. The summed E-state index contributed by atoms with van der Waals surface area (Å²) >= 11 is 0. The highest BCUT2D eigenvalue weighted by atomic mass is 16.5. The van der Waals surface area contributed by atoms with Crippen LogP contribution in [0.15, 0.2) is 54.9 Å². The smallest absolute Gasteiger partial charge is 0.239 e. The fourth-order valence-electron chi connectivity index (χ4n) is 2.96. The normalized spacial score (nSPS) is 12.9. The number of carbonyl (C=O) groups is 1. The Bertz CT molecular complexity index is 858. The van der Waals surface area contributed by atoms with Crippen molar-refractivity contribution < 1.29 is 9.53 Å². The Balaban J connectivity index is 1.75. The predicted molar refractivity (Wildman–Crippen MR) is 89.1 cm³/mol. The monoisotopic (exact) mass is 320 g/mol.